The number of hydrogen-bond acceptors (Lipinski definition) is 7. The average Bonchev–Trinajstić information content (AvgIpc) is 3.31. The van der Waals surface area contributed by atoms with Crippen molar-refractivity contribution in [1.82, 2.24) is 4.90 Å². The Morgan fingerprint density at radius 2 is 2.04 bits per heavy atom. The Balaban J connectivity index is 1.52. The molecule has 0 radical (unpaired) electrons. The maximum Gasteiger partial charge on any atom is 0.411 e. The number of carbonyl (C=O) groups is 2. The van der Waals surface area contributed by atoms with Gasteiger partial charge in [0.15, 0.2) is 17.1 Å². The van der Waals surface area contributed by atoms with Crippen molar-refractivity contribution in [3.05, 3.63) is 23.8 Å². The highest BCUT2D eigenvalue weighted by atomic mass is 16.7. The predicted octanol–water partition coefficient (Wildman–Crippen LogP) is 2.37. The largest absolute Gasteiger partial charge is 0.480 e. The molecule has 2 atom stereocenters. The molecule has 28 heavy (non-hydrogen) atoms. The number of oxime groups is 1. The van der Waals surface area contributed by atoms with Crippen molar-refractivity contribution in [1.29, 1.82) is 0 Å². The summed E-state index contributed by atoms with van der Waals surface area (Å²) in [5, 5.41) is 13.8. The van der Waals surface area contributed by atoms with Gasteiger partial charge in [0.25, 0.3) is 0 Å². The number of nitrogens with zero attached hydrogens (tertiary/aromatic N) is 2. The third-order valence-electron chi connectivity index (χ3n) is 4.86. The fourth-order valence-electron chi connectivity index (χ4n) is 3.63. The van der Waals surface area contributed by atoms with Crippen LogP contribution in [0.5, 0.6) is 11.5 Å². The van der Waals surface area contributed by atoms with Gasteiger partial charge in [0.1, 0.15) is 11.6 Å². The number of aliphatic carboxylic acids is 1. The highest BCUT2D eigenvalue weighted by Crippen LogP contribution is 2.40. The Morgan fingerprint density at radius 3 is 2.75 bits per heavy atom. The molecule has 3 heterocycles. The number of likely N-dealkylation sites (tertiary alicyclic amines) is 1. The Morgan fingerprint density at radius 1 is 1.29 bits per heavy atom. The fourth-order valence-corrected chi connectivity index (χ4v) is 3.63. The van der Waals surface area contributed by atoms with Crippen LogP contribution in [0, 0.1) is 0 Å². The number of fused-ring (bicyclic) bond motifs is 1. The van der Waals surface area contributed by atoms with Crippen molar-refractivity contribution < 1.29 is 33.7 Å². The summed E-state index contributed by atoms with van der Waals surface area (Å²) in [5.74, 6) is 0.204. The lowest BCUT2D eigenvalue weighted by atomic mass is 9.91. The lowest BCUT2D eigenvalue weighted by Crippen LogP contribution is -2.44. The maximum atomic E-state index is 12.5. The number of carboxylic acid groups (broad SMARTS) is 1. The van der Waals surface area contributed by atoms with Gasteiger partial charge >= 0.3 is 12.1 Å². The fraction of sp³-hybridized carbons (Fsp3) is 0.526. The zero-order chi connectivity index (χ0) is 20.1. The van der Waals surface area contributed by atoms with E-state index in [1.165, 1.54) is 4.90 Å². The average molecular weight is 390 g/mol. The number of benzene rings is 1. The van der Waals surface area contributed by atoms with Crippen LogP contribution < -0.4 is 9.47 Å². The first kappa shape index (κ1) is 18.4. The summed E-state index contributed by atoms with van der Waals surface area (Å²) in [4.78, 5) is 31.1. The Hall–Kier alpha value is -2.97. The quantitative estimate of drug-likeness (QED) is 0.826. The van der Waals surface area contributed by atoms with E-state index in [0.29, 0.717) is 23.6 Å². The van der Waals surface area contributed by atoms with E-state index in [9.17, 15) is 14.7 Å². The zero-order valence-electron chi connectivity index (χ0n) is 15.9. The van der Waals surface area contributed by atoms with Crippen LogP contribution in [0.1, 0.15) is 39.2 Å². The third kappa shape index (κ3) is 3.32. The van der Waals surface area contributed by atoms with Crippen molar-refractivity contribution in [2.45, 2.75) is 50.9 Å². The van der Waals surface area contributed by atoms with Gasteiger partial charge in [0, 0.05) is 18.4 Å². The first-order chi connectivity index (χ1) is 13.2. The number of amides is 1. The molecule has 9 nitrogen and oxygen atoms in total. The summed E-state index contributed by atoms with van der Waals surface area (Å²) >= 11 is 0. The number of carbonyl (C=O) groups excluding carboxylic acids is 1. The minimum Gasteiger partial charge on any atom is -0.480 e. The summed E-state index contributed by atoms with van der Waals surface area (Å²) in [5.41, 5.74) is -0.121. The molecular weight excluding hydrogens is 368 g/mol. The van der Waals surface area contributed by atoms with Crippen molar-refractivity contribution in [2.24, 2.45) is 5.16 Å². The van der Waals surface area contributed by atoms with Crippen molar-refractivity contribution in [2.75, 3.05) is 13.3 Å². The Labute approximate surface area is 161 Å². The lowest BCUT2D eigenvalue weighted by molar-refractivity contribution is -0.142. The molecule has 1 spiro atoms. The van der Waals surface area contributed by atoms with Gasteiger partial charge in [-0.25, -0.2) is 9.59 Å². The molecule has 0 aromatic heterocycles. The molecular formula is C19H22N2O7. The summed E-state index contributed by atoms with van der Waals surface area (Å²) in [6.07, 6.45) is -0.147. The maximum absolute atomic E-state index is 12.5. The number of ether oxygens (including phenoxy) is 3. The van der Waals surface area contributed by atoms with Crippen LogP contribution in [-0.2, 0) is 14.4 Å². The van der Waals surface area contributed by atoms with Crippen LogP contribution in [0.4, 0.5) is 4.79 Å². The smallest absolute Gasteiger partial charge is 0.411 e. The van der Waals surface area contributed by atoms with E-state index in [2.05, 4.69) is 5.16 Å². The van der Waals surface area contributed by atoms with Gasteiger partial charge in [-0.05, 0) is 39.0 Å². The molecule has 150 valence electrons. The van der Waals surface area contributed by atoms with E-state index < -0.39 is 29.3 Å². The van der Waals surface area contributed by atoms with E-state index in [1.54, 1.807) is 26.8 Å². The van der Waals surface area contributed by atoms with Gasteiger partial charge in [-0.1, -0.05) is 5.16 Å². The van der Waals surface area contributed by atoms with Gasteiger partial charge in [0.2, 0.25) is 6.79 Å². The molecule has 1 aromatic rings. The van der Waals surface area contributed by atoms with Crippen LogP contribution in [0.25, 0.3) is 0 Å². The molecule has 0 bridgehead atoms. The molecule has 1 aromatic carbocycles. The molecule has 3 aliphatic rings. The van der Waals surface area contributed by atoms with Crippen molar-refractivity contribution in [3.8, 4) is 11.5 Å². The molecule has 1 fully saturated rings. The van der Waals surface area contributed by atoms with Gasteiger partial charge in [-0.2, -0.15) is 0 Å². The second kappa shape index (κ2) is 6.29. The van der Waals surface area contributed by atoms with E-state index in [1.807, 2.05) is 12.1 Å². The SMILES string of the molecule is CC(C)(C)OC(=O)N1C[C@@]2(CC(c3ccc4c(c3)OCO4)=NO2)C[C@H]1C(=O)O. The second-order valence-electron chi connectivity index (χ2n) is 8.22. The second-order valence-corrected chi connectivity index (χ2v) is 8.22. The van der Waals surface area contributed by atoms with E-state index in [-0.39, 0.29) is 19.8 Å². The summed E-state index contributed by atoms with van der Waals surface area (Å²) < 4.78 is 16.1. The molecule has 4 rings (SSSR count). The summed E-state index contributed by atoms with van der Waals surface area (Å²) in [7, 11) is 0. The molecule has 1 saturated heterocycles. The molecule has 1 amide bonds. The summed E-state index contributed by atoms with van der Waals surface area (Å²) in [6, 6.07) is 4.44. The van der Waals surface area contributed by atoms with Crippen LogP contribution in [0.3, 0.4) is 0 Å². The first-order valence-corrected chi connectivity index (χ1v) is 9.03. The Kier molecular flexibility index (Phi) is 4.13. The summed E-state index contributed by atoms with van der Waals surface area (Å²) in [6.45, 7) is 5.48. The molecule has 3 aliphatic heterocycles. The Bertz CT molecular complexity index is 860. The molecule has 9 heteroatoms. The van der Waals surface area contributed by atoms with Crippen molar-refractivity contribution in [3.63, 3.8) is 0 Å². The highest BCUT2D eigenvalue weighted by molar-refractivity contribution is 6.02. The molecule has 0 unspecified atom stereocenters. The highest BCUT2D eigenvalue weighted by Gasteiger charge is 2.54. The van der Waals surface area contributed by atoms with Gasteiger partial charge in [0.05, 0.1) is 12.3 Å². The van der Waals surface area contributed by atoms with E-state index in [4.69, 9.17) is 19.0 Å². The number of hydrogen-bond donors (Lipinski definition) is 1. The van der Waals surface area contributed by atoms with E-state index >= 15 is 0 Å². The standard InChI is InChI=1S/C19H22N2O7/c1-18(2,3)27-17(24)21-9-19(8-13(21)16(22)23)7-12(20-28-19)11-4-5-14-15(6-11)26-10-25-14/h4-6,13H,7-10H2,1-3H3,(H,22,23)/t13-,19+/m0/s1. The molecule has 1 N–H and O–H groups in total. The third-order valence-corrected chi connectivity index (χ3v) is 4.86. The zero-order valence-corrected chi connectivity index (χ0v) is 15.9. The van der Waals surface area contributed by atoms with Crippen LogP contribution in [-0.4, -0.2) is 58.4 Å². The predicted molar refractivity (Wildman–Crippen MR) is 96.5 cm³/mol. The first-order valence-electron chi connectivity index (χ1n) is 9.03. The number of carboxylic acids is 1. The normalized spacial score (nSPS) is 25.6. The topological polar surface area (TPSA) is 107 Å². The van der Waals surface area contributed by atoms with Crippen LogP contribution in [0.15, 0.2) is 23.4 Å². The van der Waals surface area contributed by atoms with Gasteiger partial charge in [-0.15, -0.1) is 0 Å². The van der Waals surface area contributed by atoms with Crippen LogP contribution >= 0.6 is 0 Å². The lowest BCUT2D eigenvalue weighted by Gasteiger charge is -2.27. The van der Waals surface area contributed by atoms with Crippen molar-refractivity contribution >= 4 is 17.8 Å². The monoisotopic (exact) mass is 390 g/mol. The minimum atomic E-state index is -1.09. The van der Waals surface area contributed by atoms with Gasteiger partial charge in [-0.3, -0.25) is 4.90 Å². The number of rotatable bonds is 2. The minimum absolute atomic E-state index is 0.0937. The van der Waals surface area contributed by atoms with Gasteiger partial charge < -0.3 is 24.2 Å². The molecule has 0 aliphatic carbocycles. The van der Waals surface area contributed by atoms with Crippen LogP contribution in [0.2, 0.25) is 0 Å². The molecule has 0 saturated carbocycles. The van der Waals surface area contributed by atoms with E-state index in [0.717, 1.165) is 5.56 Å².